The van der Waals surface area contributed by atoms with Crippen LogP contribution in [0, 0.1) is 11.7 Å². The number of likely N-dealkylation sites (tertiary alicyclic amines) is 1. The molecule has 0 bridgehead atoms. The number of nitrogens with zero attached hydrogens (tertiary/aromatic N) is 1. The smallest absolute Gasteiger partial charge is 0.256 e. The van der Waals surface area contributed by atoms with Crippen molar-refractivity contribution in [1.82, 2.24) is 4.90 Å². The molecule has 1 saturated heterocycles. The van der Waals surface area contributed by atoms with Gasteiger partial charge in [0.25, 0.3) is 5.91 Å². The second kappa shape index (κ2) is 4.73. The fraction of sp³-hybridized carbons (Fsp3) is 0.462. The number of carbonyl (C=O) groups is 1. The van der Waals surface area contributed by atoms with Gasteiger partial charge in [0.05, 0.1) is 5.56 Å². The Bertz CT molecular complexity index is 433. The van der Waals surface area contributed by atoms with E-state index in [1.165, 1.54) is 18.2 Å². The zero-order chi connectivity index (χ0) is 12.4. The van der Waals surface area contributed by atoms with Crippen molar-refractivity contribution in [2.45, 2.75) is 19.8 Å². The summed E-state index contributed by atoms with van der Waals surface area (Å²) in [5.41, 5.74) is 6.08. The first-order valence-corrected chi connectivity index (χ1v) is 5.96. The molecule has 4 heteroatoms. The second-order valence-electron chi connectivity index (χ2n) is 4.55. The molecule has 0 aliphatic carbocycles. The second-order valence-corrected chi connectivity index (χ2v) is 4.55. The summed E-state index contributed by atoms with van der Waals surface area (Å²) in [6, 6.07) is 4.12. The molecule has 1 amide bonds. The van der Waals surface area contributed by atoms with Crippen LogP contribution in [-0.4, -0.2) is 23.9 Å². The maximum atomic E-state index is 13.5. The normalized spacial score (nSPS) is 19.6. The highest BCUT2D eigenvalue weighted by molar-refractivity contribution is 5.95. The minimum absolute atomic E-state index is 0.0850. The fourth-order valence-electron chi connectivity index (χ4n) is 2.23. The van der Waals surface area contributed by atoms with Crippen molar-refractivity contribution in [1.29, 1.82) is 0 Å². The van der Waals surface area contributed by atoms with Crippen LogP contribution in [0.3, 0.4) is 0 Å². The number of nitrogens with two attached hydrogens (primary N) is 1. The lowest BCUT2D eigenvalue weighted by molar-refractivity contribution is 0.0782. The standard InChI is InChI=1S/C13H17FN2O/c1-2-9-5-6-16(8-9)13(17)11-7-10(15)3-4-12(11)14/h3-4,7,9H,2,5-6,8,15H2,1H3. The van der Waals surface area contributed by atoms with E-state index in [0.717, 1.165) is 19.4 Å². The molecule has 17 heavy (non-hydrogen) atoms. The Balaban J connectivity index is 2.17. The minimum Gasteiger partial charge on any atom is -0.399 e. The van der Waals surface area contributed by atoms with E-state index in [2.05, 4.69) is 6.92 Å². The van der Waals surface area contributed by atoms with E-state index >= 15 is 0 Å². The lowest BCUT2D eigenvalue weighted by atomic mass is 10.1. The molecule has 92 valence electrons. The molecule has 2 N–H and O–H groups in total. The Hall–Kier alpha value is -1.58. The number of benzene rings is 1. The molecule has 0 spiro atoms. The Kier molecular flexibility index (Phi) is 3.31. The molecule has 1 fully saturated rings. The van der Waals surface area contributed by atoms with E-state index in [4.69, 9.17) is 5.73 Å². The summed E-state index contributed by atoms with van der Waals surface area (Å²) in [5.74, 6) is -0.196. The highest BCUT2D eigenvalue weighted by atomic mass is 19.1. The lowest BCUT2D eigenvalue weighted by Crippen LogP contribution is -2.29. The quantitative estimate of drug-likeness (QED) is 0.801. The van der Waals surface area contributed by atoms with Crippen LogP contribution in [0.15, 0.2) is 18.2 Å². The molecule has 1 heterocycles. The third-order valence-electron chi connectivity index (χ3n) is 3.37. The fourth-order valence-corrected chi connectivity index (χ4v) is 2.23. The minimum atomic E-state index is -0.496. The van der Waals surface area contributed by atoms with Crippen LogP contribution in [0.25, 0.3) is 0 Å². The maximum absolute atomic E-state index is 13.5. The largest absolute Gasteiger partial charge is 0.399 e. The number of carbonyl (C=O) groups excluding carboxylic acids is 1. The average molecular weight is 236 g/mol. The molecule has 1 aliphatic heterocycles. The molecule has 0 saturated carbocycles. The summed E-state index contributed by atoms with van der Waals surface area (Å²) in [7, 11) is 0. The van der Waals surface area contributed by atoms with Gasteiger partial charge in [-0.15, -0.1) is 0 Å². The van der Waals surface area contributed by atoms with Crippen molar-refractivity contribution in [3.63, 3.8) is 0 Å². The predicted molar refractivity (Wildman–Crippen MR) is 65.1 cm³/mol. The summed E-state index contributed by atoms with van der Waals surface area (Å²) in [6.07, 6.45) is 2.06. The first-order valence-electron chi connectivity index (χ1n) is 5.96. The van der Waals surface area contributed by atoms with Crippen molar-refractivity contribution < 1.29 is 9.18 Å². The molecular weight excluding hydrogens is 219 g/mol. The van der Waals surface area contributed by atoms with E-state index < -0.39 is 5.82 Å². The van der Waals surface area contributed by atoms with E-state index in [1.807, 2.05) is 0 Å². The molecule has 3 nitrogen and oxygen atoms in total. The molecular formula is C13H17FN2O. The van der Waals surface area contributed by atoms with Crippen molar-refractivity contribution in [2.75, 3.05) is 18.8 Å². The van der Waals surface area contributed by atoms with Crippen LogP contribution < -0.4 is 5.73 Å². The van der Waals surface area contributed by atoms with Crippen LogP contribution in [0.5, 0.6) is 0 Å². The zero-order valence-corrected chi connectivity index (χ0v) is 9.95. The highest BCUT2D eigenvalue weighted by Crippen LogP contribution is 2.22. The molecule has 0 radical (unpaired) electrons. The van der Waals surface area contributed by atoms with Crippen LogP contribution in [-0.2, 0) is 0 Å². The summed E-state index contributed by atoms with van der Waals surface area (Å²) in [4.78, 5) is 13.8. The van der Waals surface area contributed by atoms with Crippen molar-refractivity contribution in [2.24, 2.45) is 5.92 Å². The number of halogens is 1. The topological polar surface area (TPSA) is 46.3 Å². The molecule has 2 rings (SSSR count). The van der Waals surface area contributed by atoms with Gasteiger partial charge in [-0.2, -0.15) is 0 Å². The van der Waals surface area contributed by atoms with Gasteiger partial charge in [-0.3, -0.25) is 4.79 Å². The number of anilines is 1. The number of rotatable bonds is 2. The highest BCUT2D eigenvalue weighted by Gasteiger charge is 2.27. The van der Waals surface area contributed by atoms with E-state index in [0.29, 0.717) is 18.2 Å². The Morgan fingerprint density at radius 3 is 3.00 bits per heavy atom. The SMILES string of the molecule is CCC1CCN(C(=O)c2cc(N)ccc2F)C1. The van der Waals surface area contributed by atoms with Crippen LogP contribution in [0.2, 0.25) is 0 Å². The average Bonchev–Trinajstić information content (AvgIpc) is 2.80. The third-order valence-corrected chi connectivity index (χ3v) is 3.37. The number of amides is 1. The molecule has 0 aromatic heterocycles. The van der Waals surface area contributed by atoms with Crippen molar-refractivity contribution in [3.05, 3.63) is 29.6 Å². The van der Waals surface area contributed by atoms with E-state index in [9.17, 15) is 9.18 Å². The van der Waals surface area contributed by atoms with Crippen LogP contribution in [0.4, 0.5) is 10.1 Å². The summed E-state index contributed by atoms with van der Waals surface area (Å²) >= 11 is 0. The third kappa shape index (κ3) is 2.40. The van der Waals surface area contributed by atoms with Crippen molar-refractivity contribution in [3.8, 4) is 0 Å². The number of hydrogen-bond donors (Lipinski definition) is 1. The Morgan fingerprint density at radius 2 is 2.35 bits per heavy atom. The first-order chi connectivity index (χ1) is 8.11. The summed E-state index contributed by atoms with van der Waals surface area (Å²) in [5, 5.41) is 0. The molecule has 1 aromatic carbocycles. The number of nitrogen functional groups attached to an aromatic ring is 1. The Labute approximate surface area is 100 Å². The van der Waals surface area contributed by atoms with E-state index in [-0.39, 0.29) is 11.5 Å². The van der Waals surface area contributed by atoms with Gasteiger partial charge >= 0.3 is 0 Å². The molecule has 1 atom stereocenters. The van der Waals surface area contributed by atoms with Gasteiger partial charge in [-0.1, -0.05) is 13.3 Å². The lowest BCUT2D eigenvalue weighted by Gasteiger charge is -2.16. The van der Waals surface area contributed by atoms with Crippen LogP contribution >= 0.6 is 0 Å². The predicted octanol–water partition coefficient (Wildman–Crippen LogP) is 2.28. The zero-order valence-electron chi connectivity index (χ0n) is 9.95. The monoisotopic (exact) mass is 236 g/mol. The van der Waals surface area contributed by atoms with Gasteiger partial charge in [0, 0.05) is 18.8 Å². The van der Waals surface area contributed by atoms with Gasteiger partial charge in [-0.05, 0) is 30.5 Å². The van der Waals surface area contributed by atoms with Gasteiger partial charge in [0.15, 0.2) is 0 Å². The maximum Gasteiger partial charge on any atom is 0.256 e. The van der Waals surface area contributed by atoms with Gasteiger partial charge in [0.2, 0.25) is 0 Å². The van der Waals surface area contributed by atoms with Crippen molar-refractivity contribution >= 4 is 11.6 Å². The summed E-state index contributed by atoms with van der Waals surface area (Å²) in [6.45, 7) is 3.55. The molecule has 1 aliphatic rings. The summed E-state index contributed by atoms with van der Waals surface area (Å²) < 4.78 is 13.5. The Morgan fingerprint density at radius 1 is 1.59 bits per heavy atom. The number of hydrogen-bond acceptors (Lipinski definition) is 2. The molecule has 1 unspecified atom stereocenters. The van der Waals surface area contributed by atoms with E-state index in [1.54, 1.807) is 4.90 Å². The first kappa shape index (κ1) is 11.9. The van der Waals surface area contributed by atoms with Gasteiger partial charge in [-0.25, -0.2) is 4.39 Å². The van der Waals surface area contributed by atoms with Gasteiger partial charge < -0.3 is 10.6 Å². The van der Waals surface area contributed by atoms with Crippen LogP contribution in [0.1, 0.15) is 30.1 Å². The van der Waals surface area contributed by atoms with Gasteiger partial charge in [0.1, 0.15) is 5.82 Å². The molecule has 1 aromatic rings.